The van der Waals surface area contributed by atoms with E-state index in [1.807, 2.05) is 4.90 Å². The number of hydrogen-bond donors (Lipinski definition) is 0. The van der Waals surface area contributed by atoms with Crippen molar-refractivity contribution in [3.8, 4) is 0 Å². The van der Waals surface area contributed by atoms with Gasteiger partial charge >= 0.3 is 6.18 Å². The highest BCUT2D eigenvalue weighted by atomic mass is 79.9. The second-order valence-corrected chi connectivity index (χ2v) is 6.71. The van der Waals surface area contributed by atoms with Crippen molar-refractivity contribution in [3.63, 3.8) is 0 Å². The fourth-order valence-corrected chi connectivity index (χ4v) is 3.80. The number of halogens is 4. The molecular weight excluding hydrogens is 345 g/mol. The van der Waals surface area contributed by atoms with Crippen LogP contribution in [0.5, 0.6) is 0 Å². The standard InChI is InChI=1S/C15H18BrF3N2/c16-11-4-5-14(13(9-11)15(17,18)19)21-8-2-7-20-6-1-3-12(20)10-21/h4-5,9,12H,1-3,6-8,10H2. The summed E-state index contributed by atoms with van der Waals surface area (Å²) in [5.41, 5.74) is -0.220. The van der Waals surface area contributed by atoms with Crippen LogP contribution in [0.25, 0.3) is 0 Å². The molecule has 1 aromatic carbocycles. The SMILES string of the molecule is FC(F)(F)c1cc(Br)ccc1N1CCCN2CCCC2C1. The molecule has 0 amide bonds. The van der Waals surface area contributed by atoms with Gasteiger partial charge in [0.25, 0.3) is 0 Å². The Bertz CT molecular complexity index is 518. The Morgan fingerprint density at radius 1 is 1.10 bits per heavy atom. The topological polar surface area (TPSA) is 6.48 Å². The van der Waals surface area contributed by atoms with Gasteiger partial charge in [-0.2, -0.15) is 13.2 Å². The number of benzene rings is 1. The molecule has 0 bridgehead atoms. The van der Waals surface area contributed by atoms with Gasteiger partial charge in [0, 0.05) is 35.8 Å². The number of anilines is 1. The van der Waals surface area contributed by atoms with E-state index in [1.165, 1.54) is 6.07 Å². The Kier molecular flexibility index (Phi) is 4.19. The van der Waals surface area contributed by atoms with E-state index < -0.39 is 11.7 Å². The molecule has 1 aromatic rings. The molecule has 0 saturated carbocycles. The van der Waals surface area contributed by atoms with Crippen molar-refractivity contribution in [3.05, 3.63) is 28.2 Å². The third kappa shape index (κ3) is 3.21. The summed E-state index contributed by atoms with van der Waals surface area (Å²) in [5.74, 6) is 0. The molecule has 1 unspecified atom stereocenters. The Balaban J connectivity index is 1.92. The van der Waals surface area contributed by atoms with E-state index in [0.717, 1.165) is 32.4 Å². The first kappa shape index (κ1) is 15.2. The van der Waals surface area contributed by atoms with Crippen molar-refractivity contribution in [2.24, 2.45) is 0 Å². The number of hydrogen-bond acceptors (Lipinski definition) is 2. The van der Waals surface area contributed by atoms with Crippen LogP contribution >= 0.6 is 15.9 Å². The van der Waals surface area contributed by atoms with E-state index in [4.69, 9.17) is 0 Å². The average Bonchev–Trinajstić information content (AvgIpc) is 2.75. The van der Waals surface area contributed by atoms with Crippen molar-refractivity contribution in [2.75, 3.05) is 31.1 Å². The van der Waals surface area contributed by atoms with Gasteiger partial charge in [0.15, 0.2) is 0 Å². The van der Waals surface area contributed by atoms with Gasteiger partial charge in [-0.3, -0.25) is 4.90 Å². The van der Waals surface area contributed by atoms with Crippen LogP contribution in [0, 0.1) is 0 Å². The predicted octanol–water partition coefficient (Wildman–Crippen LogP) is 4.14. The molecule has 3 rings (SSSR count). The van der Waals surface area contributed by atoms with Crippen LogP contribution in [-0.4, -0.2) is 37.1 Å². The molecular formula is C15H18BrF3N2. The fraction of sp³-hybridized carbons (Fsp3) is 0.600. The highest BCUT2D eigenvalue weighted by molar-refractivity contribution is 9.10. The maximum absolute atomic E-state index is 13.3. The molecule has 2 fully saturated rings. The van der Waals surface area contributed by atoms with Gasteiger partial charge in [0.05, 0.1) is 5.56 Å². The monoisotopic (exact) mass is 362 g/mol. The summed E-state index contributed by atoms with van der Waals surface area (Å²) >= 11 is 3.15. The Morgan fingerprint density at radius 3 is 2.62 bits per heavy atom. The van der Waals surface area contributed by atoms with Crippen molar-refractivity contribution >= 4 is 21.6 Å². The van der Waals surface area contributed by atoms with Crippen LogP contribution in [0.1, 0.15) is 24.8 Å². The molecule has 116 valence electrons. The molecule has 2 nitrogen and oxygen atoms in total. The molecule has 1 atom stereocenters. The quantitative estimate of drug-likeness (QED) is 0.740. The van der Waals surface area contributed by atoms with Crippen LogP contribution in [0.3, 0.4) is 0 Å². The minimum absolute atomic E-state index is 0.319. The van der Waals surface area contributed by atoms with Gasteiger partial charge in [0.1, 0.15) is 0 Å². The third-order valence-corrected chi connectivity index (χ3v) is 4.90. The first-order valence-corrected chi connectivity index (χ1v) is 8.10. The lowest BCUT2D eigenvalue weighted by Crippen LogP contribution is -2.37. The highest BCUT2D eigenvalue weighted by Gasteiger charge is 2.37. The molecule has 21 heavy (non-hydrogen) atoms. The zero-order valence-electron chi connectivity index (χ0n) is 11.7. The molecule has 0 aromatic heterocycles. The summed E-state index contributed by atoms with van der Waals surface area (Å²) in [4.78, 5) is 4.34. The van der Waals surface area contributed by atoms with Crippen LogP contribution in [0.4, 0.5) is 18.9 Å². The first-order chi connectivity index (χ1) is 9.95. The van der Waals surface area contributed by atoms with Gasteiger partial charge in [-0.05, 0) is 44.0 Å². The first-order valence-electron chi connectivity index (χ1n) is 7.31. The third-order valence-electron chi connectivity index (χ3n) is 4.41. The second kappa shape index (κ2) is 5.80. The maximum atomic E-state index is 13.3. The number of nitrogens with zero attached hydrogens (tertiary/aromatic N) is 2. The summed E-state index contributed by atoms with van der Waals surface area (Å²) in [6.45, 7) is 3.48. The zero-order valence-corrected chi connectivity index (χ0v) is 13.3. The Hall–Kier alpha value is -0.750. The summed E-state index contributed by atoms with van der Waals surface area (Å²) in [6, 6.07) is 4.88. The van der Waals surface area contributed by atoms with Crippen molar-refractivity contribution in [1.82, 2.24) is 4.90 Å². The van der Waals surface area contributed by atoms with E-state index in [9.17, 15) is 13.2 Å². The normalized spacial score (nSPS) is 24.0. The lowest BCUT2D eigenvalue weighted by Gasteiger charge is -2.29. The average molecular weight is 363 g/mol. The van der Waals surface area contributed by atoms with Gasteiger partial charge in [-0.25, -0.2) is 0 Å². The Morgan fingerprint density at radius 2 is 1.86 bits per heavy atom. The number of alkyl halides is 3. The van der Waals surface area contributed by atoms with E-state index >= 15 is 0 Å². The molecule has 0 aliphatic carbocycles. The molecule has 2 aliphatic rings. The molecule has 2 aliphatic heterocycles. The molecule has 6 heteroatoms. The van der Waals surface area contributed by atoms with Gasteiger partial charge in [0.2, 0.25) is 0 Å². The maximum Gasteiger partial charge on any atom is 0.418 e. The van der Waals surface area contributed by atoms with Crippen molar-refractivity contribution in [1.29, 1.82) is 0 Å². The van der Waals surface area contributed by atoms with Crippen molar-refractivity contribution < 1.29 is 13.2 Å². The number of rotatable bonds is 1. The molecule has 2 saturated heterocycles. The summed E-state index contributed by atoms with van der Waals surface area (Å²) in [6.07, 6.45) is -1.15. The van der Waals surface area contributed by atoms with E-state index in [2.05, 4.69) is 20.8 Å². The highest BCUT2D eigenvalue weighted by Crippen LogP contribution is 2.39. The Labute approximate surface area is 131 Å². The largest absolute Gasteiger partial charge is 0.418 e. The van der Waals surface area contributed by atoms with Crippen LogP contribution < -0.4 is 4.90 Å². The summed E-state index contributed by atoms with van der Waals surface area (Å²) in [5, 5.41) is 0. The van der Waals surface area contributed by atoms with Crippen molar-refractivity contribution in [2.45, 2.75) is 31.5 Å². The lowest BCUT2D eigenvalue weighted by atomic mass is 10.1. The fourth-order valence-electron chi connectivity index (χ4n) is 3.44. The molecule has 2 heterocycles. The zero-order chi connectivity index (χ0) is 15.0. The smallest absolute Gasteiger partial charge is 0.369 e. The van der Waals surface area contributed by atoms with Crippen LogP contribution in [-0.2, 0) is 6.18 Å². The summed E-state index contributed by atoms with van der Waals surface area (Å²) in [7, 11) is 0. The van der Waals surface area contributed by atoms with Gasteiger partial charge < -0.3 is 4.90 Å². The predicted molar refractivity (Wildman–Crippen MR) is 80.6 cm³/mol. The molecule has 0 spiro atoms. The van der Waals surface area contributed by atoms with Crippen LogP contribution in [0.15, 0.2) is 22.7 Å². The van der Waals surface area contributed by atoms with E-state index in [-0.39, 0.29) is 0 Å². The van der Waals surface area contributed by atoms with Gasteiger partial charge in [-0.1, -0.05) is 15.9 Å². The molecule has 0 N–H and O–H groups in total. The molecule has 0 radical (unpaired) electrons. The lowest BCUT2D eigenvalue weighted by molar-refractivity contribution is -0.137. The van der Waals surface area contributed by atoms with Crippen LogP contribution in [0.2, 0.25) is 0 Å². The summed E-state index contributed by atoms with van der Waals surface area (Å²) < 4.78 is 40.4. The van der Waals surface area contributed by atoms with E-state index in [0.29, 0.717) is 29.3 Å². The minimum atomic E-state index is -4.32. The minimum Gasteiger partial charge on any atom is -0.369 e. The second-order valence-electron chi connectivity index (χ2n) is 5.79. The van der Waals surface area contributed by atoms with Gasteiger partial charge in [-0.15, -0.1) is 0 Å². The van der Waals surface area contributed by atoms with E-state index in [1.54, 1.807) is 12.1 Å². The number of fused-ring (bicyclic) bond motifs is 1.